The van der Waals surface area contributed by atoms with E-state index in [0.29, 0.717) is 41.5 Å². The number of piperidine rings is 1. The molecule has 0 bridgehead atoms. The van der Waals surface area contributed by atoms with Gasteiger partial charge >= 0.3 is 0 Å². The molecule has 0 radical (unpaired) electrons. The molecule has 9 heteroatoms. The maximum absolute atomic E-state index is 12.8. The molecule has 3 rings (SSSR count). The van der Waals surface area contributed by atoms with Gasteiger partial charge in [-0.25, -0.2) is 12.7 Å². The van der Waals surface area contributed by atoms with E-state index in [1.807, 2.05) is 4.90 Å². The summed E-state index contributed by atoms with van der Waals surface area (Å²) in [4.78, 5) is 17.1. The summed E-state index contributed by atoms with van der Waals surface area (Å²) in [5, 5.41) is 0.708. The largest absolute Gasteiger partial charge is 0.340 e. The van der Waals surface area contributed by atoms with Crippen LogP contribution in [0.5, 0.6) is 0 Å². The van der Waals surface area contributed by atoms with Crippen LogP contribution in [0.2, 0.25) is 10.0 Å². The molecule has 2 heterocycles. The van der Waals surface area contributed by atoms with Gasteiger partial charge in [0, 0.05) is 60.8 Å². The van der Waals surface area contributed by atoms with E-state index in [-0.39, 0.29) is 17.6 Å². The van der Waals surface area contributed by atoms with Crippen LogP contribution in [0.25, 0.3) is 0 Å². The molecule has 2 fully saturated rings. The number of carbonyl (C=O) groups excluding carboxylic acids is 1. The lowest BCUT2D eigenvalue weighted by Crippen LogP contribution is -2.51. The summed E-state index contributed by atoms with van der Waals surface area (Å²) in [7, 11) is -3.53. The molecule has 0 aromatic heterocycles. The SMILES string of the molecule is CCN1CCN(C(=O)C2CCN(S(=O)(=O)Cc3c(Cl)cccc3Cl)CC2)CC1. The molecule has 2 aliphatic rings. The van der Waals surface area contributed by atoms with Crippen molar-refractivity contribution in [1.29, 1.82) is 0 Å². The van der Waals surface area contributed by atoms with Crippen LogP contribution in [0.1, 0.15) is 25.3 Å². The monoisotopic (exact) mass is 447 g/mol. The number of benzene rings is 1. The zero-order chi connectivity index (χ0) is 20.3. The van der Waals surface area contributed by atoms with Crippen LogP contribution in [0, 0.1) is 5.92 Å². The van der Waals surface area contributed by atoms with Crippen molar-refractivity contribution in [3.05, 3.63) is 33.8 Å². The number of piperazine rings is 1. The topological polar surface area (TPSA) is 60.9 Å². The zero-order valence-electron chi connectivity index (χ0n) is 16.1. The molecule has 0 N–H and O–H groups in total. The Kier molecular flexibility index (Phi) is 7.26. The van der Waals surface area contributed by atoms with E-state index in [9.17, 15) is 13.2 Å². The normalized spacial score (nSPS) is 20.5. The third-order valence-corrected chi connectivity index (χ3v) is 8.23. The molecule has 1 aromatic carbocycles. The molecule has 2 saturated heterocycles. The van der Waals surface area contributed by atoms with Crippen LogP contribution in [-0.4, -0.2) is 74.2 Å². The molecule has 0 spiro atoms. The Morgan fingerprint density at radius 3 is 2.14 bits per heavy atom. The van der Waals surface area contributed by atoms with Crippen molar-refractivity contribution in [2.75, 3.05) is 45.8 Å². The fourth-order valence-electron chi connectivity index (χ4n) is 3.87. The van der Waals surface area contributed by atoms with Gasteiger partial charge in [0.15, 0.2) is 0 Å². The zero-order valence-corrected chi connectivity index (χ0v) is 18.4. The molecule has 1 amide bonds. The first-order chi connectivity index (χ1) is 13.3. The Morgan fingerprint density at radius 2 is 1.61 bits per heavy atom. The van der Waals surface area contributed by atoms with E-state index in [1.54, 1.807) is 18.2 Å². The van der Waals surface area contributed by atoms with E-state index >= 15 is 0 Å². The second-order valence-corrected chi connectivity index (χ2v) is 10.2. The molecular formula is C19H27Cl2N3O3S. The summed E-state index contributed by atoms with van der Waals surface area (Å²) in [6.45, 7) is 7.19. The van der Waals surface area contributed by atoms with Crippen LogP contribution in [0.4, 0.5) is 0 Å². The first kappa shape index (κ1) is 21.8. The summed E-state index contributed by atoms with van der Waals surface area (Å²) < 4.78 is 27.1. The van der Waals surface area contributed by atoms with Crippen LogP contribution >= 0.6 is 23.2 Å². The van der Waals surface area contributed by atoms with Gasteiger partial charge in [0.1, 0.15) is 0 Å². The molecule has 0 aliphatic carbocycles. The highest BCUT2D eigenvalue weighted by atomic mass is 35.5. The van der Waals surface area contributed by atoms with Gasteiger partial charge < -0.3 is 9.80 Å². The predicted molar refractivity (Wildman–Crippen MR) is 112 cm³/mol. The van der Waals surface area contributed by atoms with Crippen molar-refractivity contribution in [2.24, 2.45) is 5.92 Å². The molecular weight excluding hydrogens is 421 g/mol. The number of likely N-dealkylation sites (N-methyl/N-ethyl adjacent to an activating group) is 1. The number of halogens is 2. The lowest BCUT2D eigenvalue weighted by atomic mass is 9.96. The first-order valence-corrected chi connectivity index (χ1v) is 12.1. The second-order valence-electron chi connectivity index (χ2n) is 7.39. The number of hydrogen-bond donors (Lipinski definition) is 0. The van der Waals surface area contributed by atoms with Gasteiger partial charge in [0.25, 0.3) is 0 Å². The maximum atomic E-state index is 12.8. The van der Waals surface area contributed by atoms with E-state index in [4.69, 9.17) is 23.2 Å². The van der Waals surface area contributed by atoms with Crippen LogP contribution in [0.15, 0.2) is 18.2 Å². The van der Waals surface area contributed by atoms with E-state index < -0.39 is 10.0 Å². The number of amides is 1. The average Bonchev–Trinajstić information content (AvgIpc) is 2.70. The average molecular weight is 448 g/mol. The Balaban J connectivity index is 1.56. The molecule has 0 atom stereocenters. The van der Waals surface area contributed by atoms with Crippen LogP contribution in [0.3, 0.4) is 0 Å². The second kappa shape index (κ2) is 9.30. The van der Waals surface area contributed by atoms with Crippen molar-refractivity contribution in [2.45, 2.75) is 25.5 Å². The van der Waals surface area contributed by atoms with E-state index in [0.717, 1.165) is 32.7 Å². The van der Waals surface area contributed by atoms with Gasteiger partial charge in [0.2, 0.25) is 15.9 Å². The molecule has 6 nitrogen and oxygen atoms in total. The number of sulfonamides is 1. The quantitative estimate of drug-likeness (QED) is 0.695. The number of hydrogen-bond acceptors (Lipinski definition) is 4. The van der Waals surface area contributed by atoms with Crippen molar-refractivity contribution < 1.29 is 13.2 Å². The first-order valence-electron chi connectivity index (χ1n) is 9.73. The third-order valence-electron chi connectivity index (χ3n) is 5.72. The van der Waals surface area contributed by atoms with Gasteiger partial charge in [-0.2, -0.15) is 0 Å². The smallest absolute Gasteiger partial charge is 0.225 e. The third kappa shape index (κ3) is 5.00. The maximum Gasteiger partial charge on any atom is 0.225 e. The molecule has 0 saturated carbocycles. The summed E-state index contributed by atoms with van der Waals surface area (Å²) in [5.41, 5.74) is 0.429. The van der Waals surface area contributed by atoms with Gasteiger partial charge in [0.05, 0.1) is 5.75 Å². The van der Waals surface area contributed by atoms with E-state index in [2.05, 4.69) is 11.8 Å². The van der Waals surface area contributed by atoms with Crippen LogP contribution in [-0.2, 0) is 20.6 Å². The molecule has 156 valence electrons. The minimum absolute atomic E-state index is 0.0940. The van der Waals surface area contributed by atoms with Gasteiger partial charge in [-0.3, -0.25) is 4.79 Å². The summed E-state index contributed by atoms with van der Waals surface area (Å²) in [6.07, 6.45) is 1.12. The Labute approximate surface area is 177 Å². The lowest BCUT2D eigenvalue weighted by Gasteiger charge is -2.38. The number of rotatable bonds is 5. The Hall–Kier alpha value is -0.860. The lowest BCUT2D eigenvalue weighted by molar-refractivity contribution is -0.138. The fraction of sp³-hybridized carbons (Fsp3) is 0.632. The predicted octanol–water partition coefficient (Wildman–Crippen LogP) is 2.70. The minimum atomic E-state index is -3.53. The Morgan fingerprint density at radius 1 is 1.04 bits per heavy atom. The molecule has 0 unspecified atom stereocenters. The van der Waals surface area contributed by atoms with Crippen molar-refractivity contribution in [1.82, 2.24) is 14.1 Å². The van der Waals surface area contributed by atoms with Gasteiger partial charge in [-0.15, -0.1) is 0 Å². The van der Waals surface area contributed by atoms with Crippen molar-refractivity contribution >= 4 is 39.1 Å². The van der Waals surface area contributed by atoms with Gasteiger partial charge in [-0.1, -0.05) is 36.2 Å². The summed E-state index contributed by atoms with van der Waals surface area (Å²) in [6, 6.07) is 4.97. The summed E-state index contributed by atoms with van der Waals surface area (Å²) >= 11 is 12.2. The minimum Gasteiger partial charge on any atom is -0.340 e. The number of carbonyl (C=O) groups is 1. The number of nitrogens with zero attached hydrogens (tertiary/aromatic N) is 3. The molecule has 28 heavy (non-hydrogen) atoms. The van der Waals surface area contributed by atoms with Crippen molar-refractivity contribution in [3.8, 4) is 0 Å². The fourth-order valence-corrected chi connectivity index (χ4v) is 6.18. The van der Waals surface area contributed by atoms with Crippen molar-refractivity contribution in [3.63, 3.8) is 0 Å². The molecule has 2 aliphatic heterocycles. The Bertz CT molecular complexity index is 782. The molecule has 1 aromatic rings. The highest BCUT2D eigenvalue weighted by Crippen LogP contribution is 2.29. The standard InChI is InChI=1S/C19H27Cl2N3O3S/c1-2-22-10-12-23(13-11-22)19(25)15-6-8-24(9-7-15)28(26,27)14-16-17(20)4-3-5-18(16)21/h3-5,15H,2,6-14H2,1H3. The van der Waals surface area contributed by atoms with E-state index in [1.165, 1.54) is 4.31 Å². The van der Waals surface area contributed by atoms with Crippen LogP contribution < -0.4 is 0 Å². The van der Waals surface area contributed by atoms with Gasteiger partial charge in [-0.05, 0) is 31.5 Å². The summed E-state index contributed by atoms with van der Waals surface area (Å²) in [5.74, 6) is -0.145. The highest BCUT2D eigenvalue weighted by molar-refractivity contribution is 7.88. The highest BCUT2D eigenvalue weighted by Gasteiger charge is 2.34.